The van der Waals surface area contributed by atoms with Gasteiger partial charge in [0.1, 0.15) is 36.1 Å². The van der Waals surface area contributed by atoms with E-state index in [2.05, 4.69) is 41.6 Å². The van der Waals surface area contributed by atoms with Gasteiger partial charge in [0, 0.05) is 42.1 Å². The number of nitrogens with one attached hydrogen (secondary N) is 1. The molecule has 0 amide bonds. The minimum absolute atomic E-state index is 0.0156. The lowest BCUT2D eigenvalue weighted by atomic mass is 9.63. The molecule has 1 fully saturated rings. The number of ketones is 2. The van der Waals surface area contributed by atoms with Gasteiger partial charge in [-0.15, -0.1) is 0 Å². The first kappa shape index (κ1) is 34.2. The second kappa shape index (κ2) is 12.8. The number of nitrogens with zero attached hydrogens (tertiary/aromatic N) is 1. The Hall–Kier alpha value is -4.28. The van der Waals surface area contributed by atoms with Gasteiger partial charge in [-0.05, 0) is 58.3 Å². The Morgan fingerprint density at radius 3 is 2.34 bits per heavy atom. The summed E-state index contributed by atoms with van der Waals surface area (Å²) in [5.41, 5.74) is 1.17. The first-order valence-corrected chi connectivity index (χ1v) is 17.7. The molecule has 260 valence electrons. The van der Waals surface area contributed by atoms with Crippen LogP contribution >= 0.6 is 15.9 Å². The zero-order valence-corrected chi connectivity index (χ0v) is 30.2. The summed E-state index contributed by atoms with van der Waals surface area (Å²) in [6.45, 7) is 7.60. The number of carbonyl (C=O) groups excluding carboxylic acids is 2. The van der Waals surface area contributed by atoms with E-state index in [4.69, 9.17) is 19.6 Å². The van der Waals surface area contributed by atoms with Crippen LogP contribution in [0.25, 0.3) is 0 Å². The van der Waals surface area contributed by atoms with E-state index in [0.29, 0.717) is 34.1 Å². The number of rotatable bonds is 9. The summed E-state index contributed by atoms with van der Waals surface area (Å²) in [5, 5.41) is 19.6. The molecule has 1 saturated heterocycles. The van der Waals surface area contributed by atoms with Crippen molar-refractivity contribution in [1.82, 2.24) is 4.90 Å². The molecule has 2 N–H and O–H groups in total. The lowest BCUT2D eigenvalue weighted by Crippen LogP contribution is -2.45. The number of epoxide rings is 1. The molecular formula is C40H40BrFN2O6. The molecule has 10 heteroatoms. The van der Waals surface area contributed by atoms with Crippen molar-refractivity contribution in [3.8, 4) is 5.75 Å². The SMILES string of the molecule is CN(Cc1c(F)c2c(c(OCc3ccccc3)c1Br)C(=O)C1=C3O[C@]34C(=O)C(C(=N)OCc3ccccc3)=C(O)C[C@@H]4CC1C2)CC(C)(C)C. The van der Waals surface area contributed by atoms with Crippen molar-refractivity contribution in [3.05, 3.63) is 121 Å². The molecule has 3 aromatic carbocycles. The molecule has 3 aliphatic carbocycles. The third kappa shape index (κ3) is 5.96. The highest BCUT2D eigenvalue weighted by Gasteiger charge is 2.72. The third-order valence-electron chi connectivity index (χ3n) is 9.94. The predicted molar refractivity (Wildman–Crippen MR) is 189 cm³/mol. The highest BCUT2D eigenvalue weighted by Crippen LogP contribution is 2.63. The molecule has 0 radical (unpaired) electrons. The number of aliphatic hydroxyl groups is 1. The van der Waals surface area contributed by atoms with Crippen molar-refractivity contribution in [2.45, 2.75) is 65.4 Å². The molecule has 1 spiro atoms. The van der Waals surface area contributed by atoms with Gasteiger partial charge >= 0.3 is 0 Å². The van der Waals surface area contributed by atoms with Gasteiger partial charge in [0.2, 0.25) is 17.3 Å². The molecule has 0 bridgehead atoms. The standard InChI is InChI=1S/C40H40BrFN2O6/c1-39(2,3)21-44(4)18-27-32(41)35(48-19-22-11-7-5-8-12-22)30-26(33(27)42)16-24-15-25-17-28(45)31(38(43)49-20-23-13-9-6-10-14-23)36(47)40(25)37(50-40)29(24)34(30)46/h5-14,24-25,43,45H,15-21H2,1-4H3/t24?,25-,40+/m0/s1. The average molecular weight is 744 g/mol. The summed E-state index contributed by atoms with van der Waals surface area (Å²) in [4.78, 5) is 30.8. The van der Waals surface area contributed by atoms with Crippen molar-refractivity contribution in [1.29, 1.82) is 5.41 Å². The van der Waals surface area contributed by atoms with Crippen LogP contribution in [-0.4, -0.2) is 46.7 Å². The number of ether oxygens (including phenoxy) is 3. The fourth-order valence-corrected chi connectivity index (χ4v) is 8.53. The van der Waals surface area contributed by atoms with Crippen LogP contribution in [0.4, 0.5) is 4.39 Å². The summed E-state index contributed by atoms with van der Waals surface area (Å²) < 4.78 is 35.3. The zero-order valence-electron chi connectivity index (χ0n) is 28.6. The highest BCUT2D eigenvalue weighted by atomic mass is 79.9. The smallest absolute Gasteiger partial charge is 0.231 e. The molecule has 1 unspecified atom stereocenters. The summed E-state index contributed by atoms with van der Waals surface area (Å²) in [7, 11) is 1.95. The summed E-state index contributed by atoms with van der Waals surface area (Å²) >= 11 is 3.64. The first-order chi connectivity index (χ1) is 23.8. The molecule has 4 aliphatic rings. The van der Waals surface area contributed by atoms with E-state index < -0.39 is 40.7 Å². The topological polar surface area (TPSA) is 112 Å². The van der Waals surface area contributed by atoms with Crippen LogP contribution in [0.1, 0.15) is 66.2 Å². The van der Waals surface area contributed by atoms with Crippen molar-refractivity contribution >= 4 is 33.4 Å². The predicted octanol–water partition coefficient (Wildman–Crippen LogP) is 8.02. The molecule has 8 nitrogen and oxygen atoms in total. The van der Waals surface area contributed by atoms with Gasteiger partial charge in [0.05, 0.1) is 10.0 Å². The Kier molecular flexibility index (Phi) is 8.75. The Balaban J connectivity index is 1.25. The first-order valence-electron chi connectivity index (χ1n) is 16.9. The fraction of sp³-hybridized carbons (Fsp3) is 0.375. The molecule has 0 saturated carbocycles. The number of carbonyl (C=O) groups is 2. The maximum atomic E-state index is 16.7. The van der Waals surface area contributed by atoms with E-state index in [9.17, 15) is 14.7 Å². The van der Waals surface area contributed by atoms with Crippen molar-refractivity contribution < 1.29 is 33.3 Å². The maximum absolute atomic E-state index is 16.7. The molecule has 3 atom stereocenters. The quantitative estimate of drug-likeness (QED) is 0.130. The number of hydrogen-bond donors (Lipinski definition) is 2. The van der Waals surface area contributed by atoms with Gasteiger partial charge < -0.3 is 24.2 Å². The monoisotopic (exact) mass is 742 g/mol. The van der Waals surface area contributed by atoms with Crippen LogP contribution in [0.3, 0.4) is 0 Å². The number of halogens is 2. The van der Waals surface area contributed by atoms with E-state index in [0.717, 1.165) is 17.7 Å². The van der Waals surface area contributed by atoms with Crippen LogP contribution in [0.15, 0.2) is 87.8 Å². The van der Waals surface area contributed by atoms with Crippen molar-refractivity contribution in [2.75, 3.05) is 13.6 Å². The highest BCUT2D eigenvalue weighted by molar-refractivity contribution is 9.10. The van der Waals surface area contributed by atoms with Gasteiger partial charge in [-0.3, -0.25) is 15.0 Å². The average Bonchev–Trinajstić information content (AvgIpc) is 3.83. The summed E-state index contributed by atoms with van der Waals surface area (Å²) in [5.74, 6) is -2.51. The van der Waals surface area contributed by atoms with E-state index >= 15 is 4.39 Å². The zero-order chi connectivity index (χ0) is 35.5. The number of hydrogen-bond acceptors (Lipinski definition) is 8. The lowest BCUT2D eigenvalue weighted by Gasteiger charge is -2.37. The van der Waals surface area contributed by atoms with Gasteiger partial charge in [-0.2, -0.15) is 0 Å². The Labute approximate surface area is 299 Å². The second-order valence-corrected chi connectivity index (χ2v) is 15.8. The van der Waals surface area contributed by atoms with Gasteiger partial charge in [-0.1, -0.05) is 81.4 Å². The Morgan fingerprint density at radius 1 is 1.06 bits per heavy atom. The van der Waals surface area contributed by atoms with Crippen LogP contribution in [0.5, 0.6) is 5.75 Å². The largest absolute Gasteiger partial charge is 0.511 e. The molecule has 7 rings (SSSR count). The van der Waals surface area contributed by atoms with E-state index in [1.807, 2.05) is 67.7 Å². The summed E-state index contributed by atoms with van der Waals surface area (Å²) in [6, 6.07) is 18.8. The third-order valence-corrected chi connectivity index (χ3v) is 10.8. The van der Waals surface area contributed by atoms with E-state index in [-0.39, 0.29) is 59.9 Å². The van der Waals surface area contributed by atoms with Crippen LogP contribution in [-0.2, 0) is 40.4 Å². The second-order valence-electron chi connectivity index (χ2n) is 15.0. The van der Waals surface area contributed by atoms with E-state index in [1.54, 1.807) is 0 Å². The van der Waals surface area contributed by atoms with Crippen molar-refractivity contribution in [2.24, 2.45) is 17.3 Å². The Morgan fingerprint density at radius 2 is 1.70 bits per heavy atom. The van der Waals surface area contributed by atoms with Crippen LogP contribution in [0, 0.1) is 28.5 Å². The number of allylic oxidation sites excluding steroid dienone is 2. The van der Waals surface area contributed by atoms with Gasteiger partial charge in [0.25, 0.3) is 0 Å². The molecule has 3 aromatic rings. The summed E-state index contributed by atoms with van der Waals surface area (Å²) in [6.07, 6.45) is 0.623. The van der Waals surface area contributed by atoms with E-state index in [1.165, 1.54) is 0 Å². The van der Waals surface area contributed by atoms with Crippen LogP contribution < -0.4 is 4.74 Å². The molecule has 1 aliphatic heterocycles. The van der Waals surface area contributed by atoms with Gasteiger partial charge in [-0.25, -0.2) is 4.39 Å². The minimum Gasteiger partial charge on any atom is -0.511 e. The maximum Gasteiger partial charge on any atom is 0.231 e. The van der Waals surface area contributed by atoms with Gasteiger partial charge in [0.15, 0.2) is 11.5 Å². The number of aliphatic hydroxyl groups excluding tert-OH is 1. The normalized spacial score (nSPS) is 22.4. The number of fused-ring (bicyclic) bond motifs is 2. The number of Topliss-reactive ketones (excluding diaryl/α,β-unsaturated/α-hetero) is 2. The molecule has 50 heavy (non-hydrogen) atoms. The molecule has 0 aromatic heterocycles. The Bertz CT molecular complexity index is 1970. The van der Waals surface area contributed by atoms with Crippen molar-refractivity contribution in [3.63, 3.8) is 0 Å². The minimum atomic E-state index is -1.46. The number of benzene rings is 3. The van der Waals surface area contributed by atoms with Crippen LogP contribution in [0.2, 0.25) is 0 Å². The molecular weight excluding hydrogens is 703 g/mol. The fourth-order valence-electron chi connectivity index (χ4n) is 7.92. The molecule has 1 heterocycles. The lowest BCUT2D eigenvalue weighted by molar-refractivity contribution is -0.123.